The summed E-state index contributed by atoms with van der Waals surface area (Å²) in [7, 11) is 0. The van der Waals surface area contributed by atoms with E-state index in [0.717, 1.165) is 24.1 Å². The van der Waals surface area contributed by atoms with Gasteiger partial charge in [-0.25, -0.2) is 0 Å². The number of nitrogens with one attached hydrogen (secondary N) is 4. The van der Waals surface area contributed by atoms with Crippen LogP contribution < -0.4 is 21.7 Å². The summed E-state index contributed by atoms with van der Waals surface area (Å²) in [5, 5.41) is 16.7. The van der Waals surface area contributed by atoms with Crippen LogP contribution in [-0.4, -0.2) is 42.1 Å². The number of Topliss-reactive ketones (excluding diaryl/α,β-unsaturated/α-hetero) is 1. The number of amides is 2. The third-order valence-electron chi connectivity index (χ3n) is 6.82. The van der Waals surface area contributed by atoms with Gasteiger partial charge in [-0.1, -0.05) is 84.9 Å². The molecule has 1 saturated heterocycles. The van der Waals surface area contributed by atoms with E-state index in [-0.39, 0.29) is 23.6 Å². The molecule has 1 unspecified atom stereocenters. The molecule has 1 heterocycles. The molecule has 38 heavy (non-hydrogen) atoms. The first kappa shape index (κ1) is 26.8. The fourth-order valence-electron chi connectivity index (χ4n) is 4.95. The number of nitrogen functional groups attached to an aromatic ring is 1. The van der Waals surface area contributed by atoms with Gasteiger partial charge in [0.15, 0.2) is 5.78 Å². The maximum absolute atomic E-state index is 14.0. The number of benzene rings is 3. The SMILES string of the molecule is CC(=O)N[C@@H](C(=O)NC(C(=O)[C@@H]1CCCN1)c1ccc(C(=N)N)cc1)C(c1ccccc1)c1ccccc1. The minimum absolute atomic E-state index is 0.0831. The summed E-state index contributed by atoms with van der Waals surface area (Å²) >= 11 is 0. The van der Waals surface area contributed by atoms with E-state index in [4.69, 9.17) is 11.1 Å². The second-order valence-electron chi connectivity index (χ2n) is 9.51. The first-order valence-corrected chi connectivity index (χ1v) is 12.7. The molecule has 3 atom stereocenters. The molecule has 8 heteroatoms. The largest absolute Gasteiger partial charge is 0.384 e. The summed E-state index contributed by atoms with van der Waals surface area (Å²) in [6.07, 6.45) is 1.56. The molecule has 8 nitrogen and oxygen atoms in total. The molecule has 0 aliphatic carbocycles. The van der Waals surface area contributed by atoms with Crippen molar-refractivity contribution in [1.29, 1.82) is 5.41 Å². The topological polar surface area (TPSA) is 137 Å². The third kappa shape index (κ3) is 6.33. The van der Waals surface area contributed by atoms with Crippen LogP contribution in [0.15, 0.2) is 84.9 Å². The van der Waals surface area contributed by atoms with E-state index in [9.17, 15) is 14.4 Å². The van der Waals surface area contributed by atoms with Gasteiger partial charge in [0, 0.05) is 18.4 Å². The molecule has 0 saturated carbocycles. The lowest BCUT2D eigenvalue weighted by Gasteiger charge is -2.30. The van der Waals surface area contributed by atoms with E-state index >= 15 is 0 Å². The van der Waals surface area contributed by atoms with Crippen LogP contribution in [0.25, 0.3) is 0 Å². The van der Waals surface area contributed by atoms with Gasteiger partial charge in [0.25, 0.3) is 0 Å². The van der Waals surface area contributed by atoms with E-state index in [2.05, 4.69) is 16.0 Å². The smallest absolute Gasteiger partial charge is 0.244 e. The standard InChI is InChI=1S/C30H33N5O3/c1-19(36)34-27(25(20-9-4-2-5-10-20)21-11-6-3-7-12-21)30(38)35-26(28(37)24-13-8-18-33-24)22-14-16-23(17-15-22)29(31)32/h2-7,9-12,14-17,24-27,33H,8,13,18H2,1H3,(H3,31,32)(H,34,36)(H,35,38)/t24-,26?,27+/m0/s1. The van der Waals surface area contributed by atoms with Gasteiger partial charge in [-0.3, -0.25) is 19.8 Å². The molecule has 0 spiro atoms. The van der Waals surface area contributed by atoms with Crippen LogP contribution in [-0.2, 0) is 14.4 Å². The lowest BCUT2D eigenvalue weighted by molar-refractivity contribution is -0.132. The summed E-state index contributed by atoms with van der Waals surface area (Å²) in [5.74, 6) is -1.54. The van der Waals surface area contributed by atoms with Crippen LogP contribution >= 0.6 is 0 Å². The van der Waals surface area contributed by atoms with Crippen LogP contribution in [0, 0.1) is 5.41 Å². The Balaban J connectivity index is 1.72. The van der Waals surface area contributed by atoms with E-state index < -0.39 is 23.9 Å². The van der Waals surface area contributed by atoms with Crippen molar-refractivity contribution >= 4 is 23.4 Å². The highest BCUT2D eigenvalue weighted by molar-refractivity contribution is 5.97. The minimum Gasteiger partial charge on any atom is -0.384 e. The van der Waals surface area contributed by atoms with Gasteiger partial charge in [-0.05, 0) is 36.1 Å². The number of hydrogen-bond acceptors (Lipinski definition) is 5. The summed E-state index contributed by atoms with van der Waals surface area (Å²) in [5.41, 5.74) is 8.43. The first-order valence-electron chi connectivity index (χ1n) is 12.7. The van der Waals surface area contributed by atoms with Crippen molar-refractivity contribution in [2.45, 2.75) is 43.8 Å². The number of rotatable bonds is 10. The molecule has 1 fully saturated rings. The van der Waals surface area contributed by atoms with Crippen molar-refractivity contribution in [2.75, 3.05) is 6.54 Å². The third-order valence-corrected chi connectivity index (χ3v) is 6.82. The summed E-state index contributed by atoms with van der Waals surface area (Å²) < 4.78 is 0. The van der Waals surface area contributed by atoms with Gasteiger partial charge in [0.2, 0.25) is 11.8 Å². The van der Waals surface area contributed by atoms with Crippen molar-refractivity contribution in [3.05, 3.63) is 107 Å². The van der Waals surface area contributed by atoms with Crippen LogP contribution in [0.2, 0.25) is 0 Å². The summed E-state index contributed by atoms with van der Waals surface area (Å²) in [6.45, 7) is 2.11. The monoisotopic (exact) mass is 511 g/mol. The zero-order chi connectivity index (χ0) is 27.1. The molecule has 6 N–H and O–H groups in total. The highest BCUT2D eigenvalue weighted by Crippen LogP contribution is 2.29. The molecular formula is C30H33N5O3. The van der Waals surface area contributed by atoms with Crippen LogP contribution in [0.1, 0.15) is 54.0 Å². The van der Waals surface area contributed by atoms with E-state index in [0.29, 0.717) is 17.5 Å². The minimum atomic E-state index is -0.972. The Morgan fingerprint density at radius 2 is 1.45 bits per heavy atom. The normalized spacial score (nSPS) is 16.4. The van der Waals surface area contributed by atoms with Gasteiger partial charge < -0.3 is 21.7 Å². The van der Waals surface area contributed by atoms with E-state index in [1.807, 2.05) is 60.7 Å². The Morgan fingerprint density at radius 1 is 0.868 bits per heavy atom. The number of hydrogen-bond donors (Lipinski definition) is 5. The highest BCUT2D eigenvalue weighted by Gasteiger charge is 2.36. The Morgan fingerprint density at radius 3 is 1.92 bits per heavy atom. The number of nitrogens with two attached hydrogens (primary N) is 1. The van der Waals surface area contributed by atoms with Crippen LogP contribution in [0.5, 0.6) is 0 Å². The van der Waals surface area contributed by atoms with Gasteiger partial charge in [0.05, 0.1) is 6.04 Å². The first-order chi connectivity index (χ1) is 18.3. The molecule has 2 amide bonds. The molecule has 4 rings (SSSR count). The molecule has 196 valence electrons. The summed E-state index contributed by atoms with van der Waals surface area (Å²) in [4.78, 5) is 39.9. The predicted octanol–water partition coefficient (Wildman–Crippen LogP) is 2.79. The average molecular weight is 512 g/mol. The average Bonchev–Trinajstić information content (AvgIpc) is 3.47. The zero-order valence-electron chi connectivity index (χ0n) is 21.3. The fraction of sp³-hybridized carbons (Fsp3) is 0.267. The van der Waals surface area contributed by atoms with Gasteiger partial charge >= 0.3 is 0 Å². The van der Waals surface area contributed by atoms with Crippen molar-refractivity contribution in [3.8, 4) is 0 Å². The Labute approximate surface area is 222 Å². The molecule has 3 aromatic rings. The highest BCUT2D eigenvalue weighted by atomic mass is 16.2. The van der Waals surface area contributed by atoms with Crippen molar-refractivity contribution in [2.24, 2.45) is 5.73 Å². The quantitative estimate of drug-likeness (QED) is 0.211. The zero-order valence-corrected chi connectivity index (χ0v) is 21.3. The number of carbonyl (C=O) groups is 3. The predicted molar refractivity (Wildman–Crippen MR) is 147 cm³/mol. The van der Waals surface area contributed by atoms with E-state index in [1.54, 1.807) is 24.3 Å². The van der Waals surface area contributed by atoms with Gasteiger partial charge in [-0.2, -0.15) is 0 Å². The number of carbonyl (C=O) groups excluding carboxylic acids is 3. The maximum Gasteiger partial charge on any atom is 0.244 e. The Kier molecular flexibility index (Phi) is 8.66. The number of ketones is 1. The summed E-state index contributed by atoms with van der Waals surface area (Å²) in [6, 6.07) is 23.5. The van der Waals surface area contributed by atoms with Crippen LogP contribution in [0.4, 0.5) is 0 Å². The van der Waals surface area contributed by atoms with Crippen LogP contribution in [0.3, 0.4) is 0 Å². The molecule has 1 aliphatic heterocycles. The lowest BCUT2D eigenvalue weighted by Crippen LogP contribution is -2.52. The second kappa shape index (κ2) is 12.3. The molecular weight excluding hydrogens is 478 g/mol. The lowest BCUT2D eigenvalue weighted by atomic mass is 9.84. The molecule has 0 bridgehead atoms. The van der Waals surface area contributed by atoms with Crippen molar-refractivity contribution in [3.63, 3.8) is 0 Å². The molecule has 0 aromatic heterocycles. The van der Waals surface area contributed by atoms with Crippen molar-refractivity contribution in [1.82, 2.24) is 16.0 Å². The Hall–Kier alpha value is -4.30. The Bertz CT molecular complexity index is 1230. The second-order valence-corrected chi connectivity index (χ2v) is 9.51. The van der Waals surface area contributed by atoms with Crippen molar-refractivity contribution < 1.29 is 14.4 Å². The molecule has 0 radical (unpaired) electrons. The van der Waals surface area contributed by atoms with Gasteiger partial charge in [0.1, 0.15) is 17.9 Å². The molecule has 1 aliphatic rings. The van der Waals surface area contributed by atoms with Gasteiger partial charge in [-0.15, -0.1) is 0 Å². The number of amidine groups is 1. The molecule has 3 aromatic carbocycles. The van der Waals surface area contributed by atoms with E-state index in [1.165, 1.54) is 6.92 Å². The maximum atomic E-state index is 14.0. The fourth-order valence-corrected chi connectivity index (χ4v) is 4.95.